The zero-order valence-corrected chi connectivity index (χ0v) is 23.1. The molecular formula is C29H45NO4. The molecule has 5 nitrogen and oxygen atoms in total. The van der Waals surface area contributed by atoms with E-state index in [9.17, 15) is 0 Å². The lowest BCUT2D eigenvalue weighted by molar-refractivity contribution is 0.198. The molecule has 0 aliphatic heterocycles. The molecule has 0 unspecified atom stereocenters. The number of methoxy groups -OCH3 is 1. The van der Waals surface area contributed by atoms with Crippen LogP contribution in [0.25, 0.3) is 0 Å². The van der Waals surface area contributed by atoms with Crippen molar-refractivity contribution in [2.45, 2.75) is 62.3 Å². The van der Waals surface area contributed by atoms with Gasteiger partial charge in [0.1, 0.15) is 31.0 Å². The number of ether oxygens (including phenoxy) is 3. The van der Waals surface area contributed by atoms with Crippen molar-refractivity contribution >= 4 is 5.71 Å². The van der Waals surface area contributed by atoms with Crippen LogP contribution in [0.15, 0.2) is 53.7 Å². The Balaban J connectivity index is 0.000000601. The summed E-state index contributed by atoms with van der Waals surface area (Å²) in [5, 5.41) is 3.91. The van der Waals surface area contributed by atoms with Crippen LogP contribution in [-0.2, 0) is 4.84 Å². The van der Waals surface area contributed by atoms with Crippen molar-refractivity contribution < 1.29 is 19.0 Å². The van der Waals surface area contributed by atoms with E-state index in [0.717, 1.165) is 39.7 Å². The Labute approximate surface area is 207 Å². The normalized spacial score (nSPS) is 11.1. The molecule has 0 aliphatic rings. The molecule has 0 amide bonds. The highest BCUT2D eigenvalue weighted by molar-refractivity contribution is 5.98. The molecule has 5 heteroatoms. The van der Waals surface area contributed by atoms with E-state index < -0.39 is 0 Å². The van der Waals surface area contributed by atoms with Gasteiger partial charge >= 0.3 is 0 Å². The average molecular weight is 472 g/mol. The second-order valence-corrected chi connectivity index (χ2v) is 8.71. The van der Waals surface area contributed by atoms with Crippen molar-refractivity contribution in [3.8, 4) is 17.2 Å². The van der Waals surface area contributed by atoms with E-state index >= 15 is 0 Å². The third-order valence-electron chi connectivity index (χ3n) is 4.37. The molecule has 2 aromatic carbocycles. The lowest BCUT2D eigenvalue weighted by Crippen LogP contribution is -2.16. The summed E-state index contributed by atoms with van der Waals surface area (Å²) in [6.07, 6.45) is 3.96. The smallest absolute Gasteiger partial charge is 0.124 e. The van der Waals surface area contributed by atoms with Crippen LogP contribution >= 0.6 is 0 Å². The molecule has 0 atom stereocenters. The highest BCUT2D eigenvalue weighted by Gasteiger charge is 2.11. The maximum absolute atomic E-state index is 5.74. The molecule has 0 saturated heterocycles. The number of nitrogens with zero attached hydrogens (tertiary/aromatic N) is 1. The van der Waals surface area contributed by atoms with Gasteiger partial charge in [-0.25, -0.2) is 0 Å². The van der Waals surface area contributed by atoms with Gasteiger partial charge in [0.05, 0.1) is 19.4 Å². The van der Waals surface area contributed by atoms with Gasteiger partial charge in [-0.05, 0) is 68.5 Å². The fraction of sp³-hybridized carbons (Fsp3) is 0.483. The maximum atomic E-state index is 5.74. The van der Waals surface area contributed by atoms with Gasteiger partial charge in [0, 0.05) is 5.56 Å². The third kappa shape index (κ3) is 12.3. The first-order chi connectivity index (χ1) is 16.1. The van der Waals surface area contributed by atoms with E-state index in [1.165, 1.54) is 0 Å². The number of hydrogen-bond acceptors (Lipinski definition) is 5. The van der Waals surface area contributed by atoms with E-state index in [1.54, 1.807) is 14.2 Å². The van der Waals surface area contributed by atoms with Gasteiger partial charge in [-0.3, -0.25) is 0 Å². The number of aryl methyl sites for hydroxylation is 2. The van der Waals surface area contributed by atoms with Crippen LogP contribution in [0, 0.1) is 19.3 Å². The first-order valence-electron chi connectivity index (χ1n) is 11.8. The van der Waals surface area contributed by atoms with Crippen LogP contribution in [0.2, 0.25) is 0 Å². The second kappa shape index (κ2) is 16.6. The Morgan fingerprint density at radius 1 is 0.941 bits per heavy atom. The molecule has 2 aromatic rings. The summed E-state index contributed by atoms with van der Waals surface area (Å²) in [5.74, 6) is 2.69. The number of benzene rings is 2. The van der Waals surface area contributed by atoms with Gasteiger partial charge in [0.25, 0.3) is 0 Å². The van der Waals surface area contributed by atoms with Crippen molar-refractivity contribution in [2.24, 2.45) is 10.6 Å². The quantitative estimate of drug-likeness (QED) is 0.224. The standard InChI is InChI=1S/C14H21NO2.C13H18O2.C2H6/c1-11(15-16-5)12-7-6-8-13(9-12)17-10-14(2,3)4;1-5-6-7-15-12-8-10(2)13(14-4)11(3)9-12;1-2/h6-9H,10H2,1-5H3;5-6,8-9H,7H2,1-4H3;1-2H3/b15-11-;6-5+;. The van der Waals surface area contributed by atoms with E-state index in [0.29, 0.717) is 13.2 Å². The first-order valence-corrected chi connectivity index (χ1v) is 11.8. The van der Waals surface area contributed by atoms with Crippen molar-refractivity contribution in [3.05, 3.63) is 65.2 Å². The van der Waals surface area contributed by atoms with Crippen LogP contribution in [0.1, 0.15) is 65.2 Å². The van der Waals surface area contributed by atoms with Crippen LogP contribution < -0.4 is 14.2 Å². The molecule has 0 fully saturated rings. The van der Waals surface area contributed by atoms with Crippen molar-refractivity contribution in [1.29, 1.82) is 0 Å². The predicted octanol–water partition coefficient (Wildman–Crippen LogP) is 7.78. The van der Waals surface area contributed by atoms with Crippen LogP contribution in [0.4, 0.5) is 0 Å². The zero-order valence-electron chi connectivity index (χ0n) is 23.1. The Bertz CT molecular complexity index is 872. The molecule has 0 aliphatic carbocycles. The lowest BCUT2D eigenvalue weighted by Gasteiger charge is -2.19. The predicted molar refractivity (Wildman–Crippen MR) is 145 cm³/mol. The molecule has 0 bridgehead atoms. The fourth-order valence-electron chi connectivity index (χ4n) is 2.86. The number of rotatable bonds is 8. The largest absolute Gasteiger partial charge is 0.496 e. The molecular weight excluding hydrogens is 426 g/mol. The van der Waals surface area contributed by atoms with E-state index in [4.69, 9.17) is 19.0 Å². The van der Waals surface area contributed by atoms with Crippen LogP contribution in [0.3, 0.4) is 0 Å². The molecule has 0 N–H and O–H groups in total. The van der Waals surface area contributed by atoms with Crippen molar-refractivity contribution in [2.75, 3.05) is 27.4 Å². The molecule has 0 spiro atoms. The minimum Gasteiger partial charge on any atom is -0.496 e. The molecule has 0 aromatic heterocycles. The number of allylic oxidation sites excluding steroid dienone is 1. The van der Waals surface area contributed by atoms with Crippen LogP contribution in [0.5, 0.6) is 17.2 Å². The monoisotopic (exact) mass is 471 g/mol. The molecule has 2 rings (SSSR count). The number of hydrogen-bond donors (Lipinski definition) is 0. The fourth-order valence-corrected chi connectivity index (χ4v) is 2.86. The minimum atomic E-state index is 0.158. The highest BCUT2D eigenvalue weighted by Crippen LogP contribution is 2.28. The summed E-state index contributed by atoms with van der Waals surface area (Å²) in [4.78, 5) is 4.76. The van der Waals surface area contributed by atoms with Gasteiger partial charge in [0.15, 0.2) is 0 Å². The Morgan fingerprint density at radius 2 is 1.56 bits per heavy atom. The molecule has 0 heterocycles. The maximum Gasteiger partial charge on any atom is 0.124 e. The molecule has 0 saturated carbocycles. The lowest BCUT2D eigenvalue weighted by atomic mass is 9.99. The Kier molecular flexibility index (Phi) is 15.2. The molecule has 0 radical (unpaired) electrons. The summed E-state index contributed by atoms with van der Waals surface area (Å²) in [5.41, 5.74) is 4.22. The SMILES string of the molecule is C/C=C/COc1cc(C)c(OC)c(C)c1.CC.CO/N=C(/C)c1cccc(OCC(C)(C)C)c1. The average Bonchev–Trinajstić information content (AvgIpc) is 2.79. The van der Waals surface area contributed by atoms with Gasteiger partial charge in [0.2, 0.25) is 0 Å². The number of oxime groups is 1. The van der Waals surface area contributed by atoms with Crippen molar-refractivity contribution in [1.82, 2.24) is 0 Å². The third-order valence-corrected chi connectivity index (χ3v) is 4.37. The minimum absolute atomic E-state index is 0.158. The highest BCUT2D eigenvalue weighted by atomic mass is 16.6. The summed E-state index contributed by atoms with van der Waals surface area (Å²) in [6, 6.07) is 11.9. The van der Waals surface area contributed by atoms with E-state index in [-0.39, 0.29) is 5.41 Å². The summed E-state index contributed by atoms with van der Waals surface area (Å²) >= 11 is 0. The second-order valence-electron chi connectivity index (χ2n) is 8.71. The molecule has 190 valence electrons. The van der Waals surface area contributed by atoms with E-state index in [1.807, 2.05) is 90.1 Å². The topological polar surface area (TPSA) is 49.3 Å². The Hall–Kier alpha value is -2.95. The van der Waals surface area contributed by atoms with Crippen molar-refractivity contribution in [3.63, 3.8) is 0 Å². The summed E-state index contributed by atoms with van der Waals surface area (Å²) in [6.45, 7) is 19.7. The molecule has 34 heavy (non-hydrogen) atoms. The zero-order chi connectivity index (χ0) is 26.1. The van der Waals surface area contributed by atoms with E-state index in [2.05, 4.69) is 25.9 Å². The summed E-state index contributed by atoms with van der Waals surface area (Å²) < 4.78 is 16.6. The van der Waals surface area contributed by atoms with Gasteiger partial charge in [-0.2, -0.15) is 0 Å². The summed E-state index contributed by atoms with van der Waals surface area (Å²) in [7, 11) is 3.24. The van der Waals surface area contributed by atoms with Crippen LogP contribution in [-0.4, -0.2) is 33.1 Å². The Morgan fingerprint density at radius 3 is 2.06 bits per heavy atom. The van der Waals surface area contributed by atoms with Gasteiger partial charge < -0.3 is 19.0 Å². The van der Waals surface area contributed by atoms with Gasteiger partial charge in [-0.1, -0.05) is 64.1 Å². The first kappa shape index (κ1) is 31.0. The van der Waals surface area contributed by atoms with Gasteiger partial charge in [-0.15, -0.1) is 0 Å².